The van der Waals surface area contributed by atoms with E-state index in [2.05, 4.69) is 36.9 Å². The summed E-state index contributed by atoms with van der Waals surface area (Å²) in [6, 6.07) is 0. The lowest BCUT2D eigenvalue weighted by atomic mass is 9.77. The van der Waals surface area contributed by atoms with Gasteiger partial charge in [-0.1, -0.05) is 40.5 Å². The van der Waals surface area contributed by atoms with Gasteiger partial charge in [0.15, 0.2) is 0 Å². The van der Waals surface area contributed by atoms with Crippen LogP contribution in [0.1, 0.15) is 40.5 Å². The van der Waals surface area contributed by atoms with Gasteiger partial charge in [-0.3, -0.25) is 0 Å². The van der Waals surface area contributed by atoms with Gasteiger partial charge in [0.25, 0.3) is 0 Å². The molecule has 0 aromatic rings. The van der Waals surface area contributed by atoms with E-state index in [4.69, 9.17) is 0 Å². The summed E-state index contributed by atoms with van der Waals surface area (Å²) in [5, 5.41) is 0. The first-order valence-corrected chi connectivity index (χ1v) is 5.10. The molecule has 0 radical (unpaired) electrons. The smallest absolute Gasteiger partial charge is 0.0292 e. The molecule has 62 valence electrons. The van der Waals surface area contributed by atoms with Gasteiger partial charge in [-0.05, 0) is 17.5 Å². The Morgan fingerprint density at radius 1 is 1.20 bits per heavy atom. The largest absolute Gasteiger partial charge is 0.137 e. The summed E-state index contributed by atoms with van der Waals surface area (Å²) in [5.74, 6) is 0.894. The van der Waals surface area contributed by atoms with Crippen LogP contribution in [-0.2, 0) is 0 Å². The molecule has 10 heavy (non-hydrogen) atoms. The zero-order chi connectivity index (χ0) is 8.20. The topological polar surface area (TPSA) is 0 Å². The maximum absolute atomic E-state index is 2.85. The van der Waals surface area contributed by atoms with E-state index < -0.39 is 0 Å². The fourth-order valence-corrected chi connectivity index (χ4v) is 1.89. The lowest BCUT2D eigenvalue weighted by molar-refractivity contribution is 0.232. The summed E-state index contributed by atoms with van der Waals surface area (Å²) in [4.78, 5) is 0. The molecule has 0 aromatic carbocycles. The monoisotopic (exact) mass is 160 g/mol. The number of hydrogen-bond donors (Lipinski definition) is 0. The summed E-state index contributed by atoms with van der Waals surface area (Å²) in [6.45, 7) is 9.29. The van der Waals surface area contributed by atoms with Crippen LogP contribution in [0.15, 0.2) is 0 Å². The molecule has 0 spiro atoms. The van der Waals surface area contributed by atoms with Crippen molar-refractivity contribution >= 4 is 9.24 Å². The summed E-state index contributed by atoms with van der Waals surface area (Å²) in [6.07, 6.45) is 3.86. The van der Waals surface area contributed by atoms with Gasteiger partial charge in [-0.2, -0.15) is 0 Å². The molecule has 1 unspecified atom stereocenters. The first kappa shape index (κ1) is 10.4. The second-order valence-corrected chi connectivity index (χ2v) is 4.11. The van der Waals surface area contributed by atoms with Crippen molar-refractivity contribution in [2.45, 2.75) is 40.5 Å². The van der Waals surface area contributed by atoms with E-state index >= 15 is 0 Å². The molecule has 1 atom stereocenters. The highest BCUT2D eigenvalue weighted by molar-refractivity contribution is 7.16. The SMILES string of the molecule is CCC(CC)C(C)(C)CP. The molecular formula is C9H21P. The van der Waals surface area contributed by atoms with Crippen molar-refractivity contribution in [1.29, 1.82) is 0 Å². The van der Waals surface area contributed by atoms with Crippen molar-refractivity contribution in [2.24, 2.45) is 11.3 Å². The van der Waals surface area contributed by atoms with Gasteiger partial charge < -0.3 is 0 Å². The van der Waals surface area contributed by atoms with Crippen LogP contribution in [0.3, 0.4) is 0 Å². The van der Waals surface area contributed by atoms with E-state index in [0.717, 1.165) is 5.92 Å². The molecule has 1 heteroatoms. The molecule has 0 N–H and O–H groups in total. The average Bonchev–Trinajstić information content (AvgIpc) is 1.90. The second-order valence-electron chi connectivity index (χ2n) is 3.71. The van der Waals surface area contributed by atoms with Crippen molar-refractivity contribution in [2.75, 3.05) is 6.16 Å². The molecule has 0 saturated heterocycles. The van der Waals surface area contributed by atoms with Gasteiger partial charge in [0, 0.05) is 0 Å². The Kier molecular flexibility index (Phi) is 4.52. The van der Waals surface area contributed by atoms with E-state index in [1.807, 2.05) is 0 Å². The minimum atomic E-state index is 0.522. The van der Waals surface area contributed by atoms with E-state index in [-0.39, 0.29) is 0 Å². The summed E-state index contributed by atoms with van der Waals surface area (Å²) in [5.41, 5.74) is 0.522. The molecule has 0 aliphatic rings. The third-order valence-electron chi connectivity index (χ3n) is 2.62. The second kappa shape index (κ2) is 4.34. The molecule has 0 fully saturated rings. The van der Waals surface area contributed by atoms with E-state index in [1.54, 1.807) is 0 Å². The molecule has 0 rings (SSSR count). The van der Waals surface area contributed by atoms with Crippen LogP contribution in [0.5, 0.6) is 0 Å². The maximum Gasteiger partial charge on any atom is -0.0292 e. The van der Waals surface area contributed by atoms with Crippen molar-refractivity contribution in [1.82, 2.24) is 0 Å². The van der Waals surface area contributed by atoms with Crippen LogP contribution in [0.25, 0.3) is 0 Å². The Morgan fingerprint density at radius 2 is 1.60 bits per heavy atom. The van der Waals surface area contributed by atoms with Gasteiger partial charge in [0.2, 0.25) is 0 Å². The molecule has 0 bridgehead atoms. The third kappa shape index (κ3) is 2.58. The van der Waals surface area contributed by atoms with Crippen LogP contribution in [0.2, 0.25) is 0 Å². The maximum atomic E-state index is 2.85. The molecule has 0 amide bonds. The van der Waals surface area contributed by atoms with Crippen LogP contribution in [-0.4, -0.2) is 6.16 Å². The Bertz CT molecular complexity index is 82.7. The molecule has 0 aliphatic carbocycles. The molecular weight excluding hydrogens is 139 g/mol. The zero-order valence-corrected chi connectivity index (χ0v) is 8.93. The van der Waals surface area contributed by atoms with Crippen molar-refractivity contribution in [3.05, 3.63) is 0 Å². The minimum Gasteiger partial charge on any atom is -0.137 e. The van der Waals surface area contributed by atoms with Crippen LogP contribution < -0.4 is 0 Å². The van der Waals surface area contributed by atoms with Crippen LogP contribution >= 0.6 is 9.24 Å². The molecule has 0 saturated carbocycles. The zero-order valence-electron chi connectivity index (χ0n) is 7.78. The first-order chi connectivity index (χ1) is 4.58. The van der Waals surface area contributed by atoms with E-state index in [1.165, 1.54) is 19.0 Å². The first-order valence-electron chi connectivity index (χ1n) is 4.28. The van der Waals surface area contributed by atoms with E-state index in [0.29, 0.717) is 5.41 Å². The number of hydrogen-bond acceptors (Lipinski definition) is 0. The highest BCUT2D eigenvalue weighted by atomic mass is 31.0. The van der Waals surface area contributed by atoms with Gasteiger partial charge >= 0.3 is 0 Å². The van der Waals surface area contributed by atoms with Gasteiger partial charge in [-0.25, -0.2) is 0 Å². The standard InChI is InChI=1S/C9H21P/c1-5-8(6-2)9(3,4)7-10/h8H,5-7,10H2,1-4H3. The lowest BCUT2D eigenvalue weighted by Crippen LogP contribution is -2.24. The Labute approximate surface area is 68.0 Å². The molecule has 0 heterocycles. The average molecular weight is 160 g/mol. The van der Waals surface area contributed by atoms with Crippen molar-refractivity contribution in [3.8, 4) is 0 Å². The van der Waals surface area contributed by atoms with Crippen molar-refractivity contribution < 1.29 is 0 Å². The van der Waals surface area contributed by atoms with Gasteiger partial charge in [-0.15, -0.1) is 9.24 Å². The van der Waals surface area contributed by atoms with Gasteiger partial charge in [0.05, 0.1) is 0 Å². The predicted molar refractivity (Wildman–Crippen MR) is 52.4 cm³/mol. The molecule has 0 aliphatic heterocycles. The van der Waals surface area contributed by atoms with Crippen LogP contribution in [0, 0.1) is 11.3 Å². The fourth-order valence-electron chi connectivity index (χ4n) is 1.56. The highest BCUT2D eigenvalue weighted by Crippen LogP contribution is 2.33. The Morgan fingerprint density at radius 3 is 1.70 bits per heavy atom. The highest BCUT2D eigenvalue weighted by Gasteiger charge is 2.24. The molecule has 0 nitrogen and oxygen atoms in total. The third-order valence-corrected chi connectivity index (χ3v) is 3.67. The summed E-state index contributed by atoms with van der Waals surface area (Å²) in [7, 11) is 2.85. The fraction of sp³-hybridized carbons (Fsp3) is 1.00. The Hall–Kier alpha value is 0.430. The molecule has 0 aromatic heterocycles. The Balaban J connectivity index is 3.97. The number of rotatable bonds is 4. The summed E-state index contributed by atoms with van der Waals surface area (Å²) < 4.78 is 0. The van der Waals surface area contributed by atoms with E-state index in [9.17, 15) is 0 Å². The minimum absolute atomic E-state index is 0.522. The van der Waals surface area contributed by atoms with Gasteiger partial charge in [0.1, 0.15) is 0 Å². The summed E-state index contributed by atoms with van der Waals surface area (Å²) >= 11 is 0. The predicted octanol–water partition coefficient (Wildman–Crippen LogP) is 3.32. The van der Waals surface area contributed by atoms with Crippen LogP contribution in [0.4, 0.5) is 0 Å². The quantitative estimate of drug-likeness (QED) is 0.553. The lowest BCUT2D eigenvalue weighted by Gasteiger charge is -2.31. The van der Waals surface area contributed by atoms with Crippen molar-refractivity contribution in [3.63, 3.8) is 0 Å². The normalized spacial score (nSPS) is 12.6.